The molecule has 5 nitrogen and oxygen atoms in total. The van der Waals surface area contributed by atoms with Crippen molar-refractivity contribution in [2.24, 2.45) is 7.05 Å². The van der Waals surface area contributed by atoms with Gasteiger partial charge in [-0.3, -0.25) is 14.4 Å². The number of likely N-dealkylation sites (N-methyl/N-ethyl adjacent to an activating group) is 1. The van der Waals surface area contributed by atoms with E-state index in [1.807, 2.05) is 34.9 Å². The van der Waals surface area contributed by atoms with Crippen LogP contribution in [-0.4, -0.2) is 33.7 Å². The fourth-order valence-corrected chi connectivity index (χ4v) is 2.92. The van der Waals surface area contributed by atoms with E-state index >= 15 is 0 Å². The number of rotatable bonds is 5. The van der Waals surface area contributed by atoms with Gasteiger partial charge in [0.15, 0.2) is 0 Å². The van der Waals surface area contributed by atoms with Gasteiger partial charge < -0.3 is 5.32 Å². The van der Waals surface area contributed by atoms with Crippen molar-refractivity contribution in [1.82, 2.24) is 14.7 Å². The standard InChI is InChI=1S/C21H32N4O/c1-14-19(15(2)25(8)23-14)22-20(26)16(3)24(7)13-17-9-11-18(12-10-17)21(4,5)6/h9-12,16H,13H2,1-8H3,(H,22,26). The molecule has 1 aromatic heterocycles. The molecule has 1 amide bonds. The summed E-state index contributed by atoms with van der Waals surface area (Å²) in [6, 6.07) is 8.41. The van der Waals surface area contributed by atoms with Crippen LogP contribution in [0.4, 0.5) is 5.69 Å². The fraction of sp³-hybridized carbons (Fsp3) is 0.524. The Kier molecular flexibility index (Phi) is 5.91. The van der Waals surface area contributed by atoms with Crippen LogP contribution in [0.5, 0.6) is 0 Å². The molecule has 5 heteroatoms. The number of benzene rings is 1. The SMILES string of the molecule is Cc1nn(C)c(C)c1NC(=O)C(C)N(C)Cc1ccc(C(C)(C)C)cc1. The molecule has 1 aromatic carbocycles. The first-order valence-corrected chi connectivity index (χ1v) is 9.11. The second kappa shape index (κ2) is 7.62. The first-order valence-electron chi connectivity index (χ1n) is 9.11. The quantitative estimate of drug-likeness (QED) is 0.887. The number of hydrogen-bond donors (Lipinski definition) is 1. The predicted octanol–water partition coefficient (Wildman–Crippen LogP) is 3.79. The Bertz CT molecular complexity index is 769. The summed E-state index contributed by atoms with van der Waals surface area (Å²) < 4.78 is 1.79. The molecule has 1 N–H and O–H groups in total. The Morgan fingerprint density at radius 1 is 1.23 bits per heavy atom. The van der Waals surface area contributed by atoms with Gasteiger partial charge in [0, 0.05) is 13.6 Å². The fourth-order valence-electron chi connectivity index (χ4n) is 2.92. The molecule has 0 radical (unpaired) electrons. The first kappa shape index (κ1) is 20.2. The van der Waals surface area contributed by atoms with Crippen LogP contribution in [0.1, 0.15) is 50.2 Å². The highest BCUT2D eigenvalue weighted by Crippen LogP contribution is 2.23. The predicted molar refractivity (Wildman–Crippen MR) is 107 cm³/mol. The van der Waals surface area contributed by atoms with Gasteiger partial charge in [-0.1, -0.05) is 45.0 Å². The molecule has 0 spiro atoms. The molecule has 0 saturated carbocycles. The number of aryl methyl sites for hydroxylation is 2. The Balaban J connectivity index is 2.02. The minimum absolute atomic E-state index is 0.0157. The Hall–Kier alpha value is -2.14. The lowest BCUT2D eigenvalue weighted by Gasteiger charge is -2.25. The maximum absolute atomic E-state index is 12.7. The molecule has 1 atom stereocenters. The molecule has 0 saturated heterocycles. The number of anilines is 1. The van der Waals surface area contributed by atoms with Crippen molar-refractivity contribution >= 4 is 11.6 Å². The van der Waals surface area contributed by atoms with Crippen molar-refractivity contribution in [2.45, 2.75) is 59.5 Å². The van der Waals surface area contributed by atoms with Crippen LogP contribution >= 0.6 is 0 Å². The number of carbonyl (C=O) groups is 1. The summed E-state index contributed by atoms with van der Waals surface area (Å²) in [5.41, 5.74) is 5.28. The van der Waals surface area contributed by atoms with Gasteiger partial charge in [-0.05, 0) is 44.4 Å². The van der Waals surface area contributed by atoms with Crippen LogP contribution in [-0.2, 0) is 23.8 Å². The zero-order valence-electron chi connectivity index (χ0n) is 17.3. The van der Waals surface area contributed by atoms with Crippen molar-refractivity contribution in [3.8, 4) is 0 Å². The molecule has 26 heavy (non-hydrogen) atoms. The van der Waals surface area contributed by atoms with E-state index < -0.39 is 0 Å². The summed E-state index contributed by atoms with van der Waals surface area (Å²) in [6.07, 6.45) is 0. The molecule has 2 aromatic rings. The number of nitrogens with zero attached hydrogens (tertiary/aromatic N) is 3. The Labute approximate surface area is 157 Å². The van der Waals surface area contributed by atoms with E-state index in [4.69, 9.17) is 0 Å². The van der Waals surface area contributed by atoms with E-state index in [1.165, 1.54) is 11.1 Å². The summed E-state index contributed by atoms with van der Waals surface area (Å²) in [5, 5.41) is 7.38. The third-order valence-corrected chi connectivity index (χ3v) is 5.05. The molecular formula is C21H32N4O. The smallest absolute Gasteiger partial charge is 0.241 e. The largest absolute Gasteiger partial charge is 0.322 e. The van der Waals surface area contributed by atoms with Gasteiger partial charge in [0.05, 0.1) is 23.1 Å². The highest BCUT2D eigenvalue weighted by molar-refractivity contribution is 5.95. The zero-order chi connectivity index (χ0) is 19.6. The number of nitrogens with one attached hydrogen (secondary N) is 1. The maximum Gasteiger partial charge on any atom is 0.241 e. The molecule has 0 fully saturated rings. The molecule has 0 aliphatic heterocycles. The second-order valence-corrected chi connectivity index (χ2v) is 8.20. The van der Waals surface area contributed by atoms with Crippen molar-refractivity contribution < 1.29 is 4.79 Å². The summed E-state index contributed by atoms with van der Waals surface area (Å²) in [4.78, 5) is 14.7. The van der Waals surface area contributed by atoms with E-state index in [0.717, 1.165) is 23.6 Å². The Morgan fingerprint density at radius 2 is 1.81 bits per heavy atom. The van der Waals surface area contributed by atoms with Crippen LogP contribution in [0.15, 0.2) is 24.3 Å². The molecule has 0 aliphatic rings. The number of aromatic nitrogens is 2. The van der Waals surface area contributed by atoms with Crippen LogP contribution in [0.2, 0.25) is 0 Å². The second-order valence-electron chi connectivity index (χ2n) is 8.20. The lowest BCUT2D eigenvalue weighted by Crippen LogP contribution is -2.39. The molecule has 2 rings (SSSR count). The van der Waals surface area contributed by atoms with Crippen molar-refractivity contribution in [3.05, 3.63) is 46.8 Å². The van der Waals surface area contributed by atoms with E-state index in [-0.39, 0.29) is 17.4 Å². The third kappa shape index (κ3) is 4.52. The minimum atomic E-state index is -0.240. The molecule has 142 valence electrons. The molecule has 1 heterocycles. The van der Waals surface area contributed by atoms with Gasteiger partial charge in [0.25, 0.3) is 0 Å². The van der Waals surface area contributed by atoms with E-state index in [1.54, 1.807) is 4.68 Å². The van der Waals surface area contributed by atoms with Gasteiger partial charge in [-0.2, -0.15) is 5.10 Å². The molecule has 0 aliphatic carbocycles. The highest BCUT2D eigenvalue weighted by atomic mass is 16.2. The summed E-state index contributed by atoms with van der Waals surface area (Å²) in [6.45, 7) is 13.2. The van der Waals surface area contributed by atoms with Crippen LogP contribution < -0.4 is 5.32 Å². The van der Waals surface area contributed by atoms with Crippen molar-refractivity contribution in [1.29, 1.82) is 0 Å². The Morgan fingerprint density at radius 3 is 2.27 bits per heavy atom. The van der Waals surface area contributed by atoms with Gasteiger partial charge >= 0.3 is 0 Å². The number of carbonyl (C=O) groups excluding carboxylic acids is 1. The summed E-state index contributed by atoms with van der Waals surface area (Å²) >= 11 is 0. The number of hydrogen-bond acceptors (Lipinski definition) is 3. The molecule has 1 unspecified atom stereocenters. The van der Waals surface area contributed by atoms with Gasteiger partial charge in [0.1, 0.15) is 0 Å². The van der Waals surface area contributed by atoms with E-state index in [9.17, 15) is 4.79 Å². The van der Waals surface area contributed by atoms with Crippen molar-refractivity contribution in [3.63, 3.8) is 0 Å². The lowest BCUT2D eigenvalue weighted by atomic mass is 9.87. The topological polar surface area (TPSA) is 50.2 Å². The monoisotopic (exact) mass is 356 g/mol. The minimum Gasteiger partial charge on any atom is -0.322 e. The summed E-state index contributed by atoms with van der Waals surface area (Å²) in [5.74, 6) is -0.0157. The van der Waals surface area contributed by atoms with Gasteiger partial charge in [0.2, 0.25) is 5.91 Å². The number of amides is 1. The first-order chi connectivity index (χ1) is 12.0. The average Bonchev–Trinajstić information content (AvgIpc) is 2.80. The van der Waals surface area contributed by atoms with Crippen LogP contribution in [0, 0.1) is 13.8 Å². The molecular weight excluding hydrogens is 324 g/mol. The maximum atomic E-state index is 12.7. The normalized spacial score (nSPS) is 13.1. The average molecular weight is 357 g/mol. The zero-order valence-corrected chi connectivity index (χ0v) is 17.3. The highest BCUT2D eigenvalue weighted by Gasteiger charge is 2.21. The van der Waals surface area contributed by atoms with Gasteiger partial charge in [-0.25, -0.2) is 0 Å². The third-order valence-electron chi connectivity index (χ3n) is 5.05. The van der Waals surface area contributed by atoms with Crippen molar-refractivity contribution in [2.75, 3.05) is 12.4 Å². The van der Waals surface area contributed by atoms with Crippen LogP contribution in [0.3, 0.4) is 0 Å². The lowest BCUT2D eigenvalue weighted by molar-refractivity contribution is -0.120. The van der Waals surface area contributed by atoms with Crippen LogP contribution in [0.25, 0.3) is 0 Å². The summed E-state index contributed by atoms with van der Waals surface area (Å²) in [7, 11) is 3.86. The van der Waals surface area contributed by atoms with E-state index in [2.05, 4.69) is 60.4 Å². The van der Waals surface area contributed by atoms with Gasteiger partial charge in [-0.15, -0.1) is 0 Å². The van der Waals surface area contributed by atoms with E-state index in [0.29, 0.717) is 0 Å². The molecule has 0 bridgehead atoms.